The van der Waals surface area contributed by atoms with E-state index in [-0.39, 0.29) is 0 Å². The molecule has 3 nitrogen and oxygen atoms in total. The molecule has 1 atom stereocenters. The molecule has 0 fully saturated rings. The molecule has 0 amide bonds. The Kier molecular flexibility index (Phi) is 4.84. The molecule has 1 N–H and O–H groups in total. The first-order valence-electron chi connectivity index (χ1n) is 6.20. The van der Waals surface area contributed by atoms with Gasteiger partial charge in [0.05, 0.1) is 6.20 Å². The Morgan fingerprint density at radius 2 is 2.11 bits per heavy atom. The van der Waals surface area contributed by atoms with Gasteiger partial charge < -0.3 is 9.73 Å². The molecule has 1 unspecified atom stereocenters. The van der Waals surface area contributed by atoms with Crippen LogP contribution in [0.4, 0.5) is 0 Å². The lowest BCUT2D eigenvalue weighted by molar-refractivity contribution is 0.454. The zero-order chi connectivity index (χ0) is 12.8. The van der Waals surface area contributed by atoms with Gasteiger partial charge in [-0.15, -0.1) is 0 Å². The second kappa shape index (κ2) is 6.61. The Labute approximate surface area is 112 Å². The fourth-order valence-corrected chi connectivity index (χ4v) is 2.36. The molecule has 0 saturated heterocycles. The third kappa shape index (κ3) is 3.62. The summed E-state index contributed by atoms with van der Waals surface area (Å²) >= 11 is 1.53. The standard InChI is InChI=1S/C14H18N2OS/c1-3-8-15-11(2)12-4-6-13(7-5-12)18-14-16-9-10-17-14/h4-7,9-11,15H,3,8H2,1-2H3. The fourth-order valence-electron chi connectivity index (χ4n) is 1.66. The van der Waals surface area contributed by atoms with Crippen LogP contribution < -0.4 is 5.32 Å². The van der Waals surface area contributed by atoms with E-state index in [1.807, 2.05) is 0 Å². The van der Waals surface area contributed by atoms with E-state index in [9.17, 15) is 0 Å². The minimum atomic E-state index is 0.394. The number of hydrogen-bond acceptors (Lipinski definition) is 4. The van der Waals surface area contributed by atoms with Gasteiger partial charge in [-0.05, 0) is 49.3 Å². The van der Waals surface area contributed by atoms with Crippen molar-refractivity contribution in [2.45, 2.75) is 36.4 Å². The van der Waals surface area contributed by atoms with Gasteiger partial charge in [0.2, 0.25) is 0 Å². The minimum absolute atomic E-state index is 0.394. The predicted molar refractivity (Wildman–Crippen MR) is 73.8 cm³/mol. The Morgan fingerprint density at radius 1 is 1.33 bits per heavy atom. The number of nitrogens with one attached hydrogen (secondary N) is 1. The molecule has 0 aliphatic rings. The molecule has 0 radical (unpaired) electrons. The molecule has 18 heavy (non-hydrogen) atoms. The normalized spacial score (nSPS) is 12.6. The summed E-state index contributed by atoms with van der Waals surface area (Å²) in [4.78, 5) is 5.24. The molecular weight excluding hydrogens is 244 g/mol. The van der Waals surface area contributed by atoms with E-state index < -0.39 is 0 Å². The van der Waals surface area contributed by atoms with Crippen LogP contribution in [-0.4, -0.2) is 11.5 Å². The van der Waals surface area contributed by atoms with Crippen LogP contribution in [-0.2, 0) is 0 Å². The van der Waals surface area contributed by atoms with Crippen molar-refractivity contribution in [3.8, 4) is 0 Å². The Balaban J connectivity index is 1.96. The molecule has 0 aliphatic heterocycles. The SMILES string of the molecule is CCCNC(C)c1ccc(Sc2ncco2)cc1. The Bertz CT molecular complexity index is 453. The number of hydrogen-bond donors (Lipinski definition) is 1. The monoisotopic (exact) mass is 262 g/mol. The van der Waals surface area contributed by atoms with Gasteiger partial charge in [-0.25, -0.2) is 4.98 Å². The van der Waals surface area contributed by atoms with E-state index in [0.29, 0.717) is 11.3 Å². The maximum Gasteiger partial charge on any atom is 0.260 e. The molecule has 0 spiro atoms. The van der Waals surface area contributed by atoms with Crippen LogP contribution in [0.3, 0.4) is 0 Å². The van der Waals surface area contributed by atoms with Crippen molar-refractivity contribution in [2.75, 3.05) is 6.54 Å². The molecule has 0 bridgehead atoms. The zero-order valence-corrected chi connectivity index (χ0v) is 11.5. The van der Waals surface area contributed by atoms with Crippen molar-refractivity contribution >= 4 is 11.8 Å². The molecule has 4 heteroatoms. The summed E-state index contributed by atoms with van der Waals surface area (Å²) in [5.41, 5.74) is 1.31. The van der Waals surface area contributed by atoms with Gasteiger partial charge >= 0.3 is 0 Å². The number of nitrogens with zero attached hydrogens (tertiary/aromatic N) is 1. The van der Waals surface area contributed by atoms with Crippen LogP contribution in [0.2, 0.25) is 0 Å². The van der Waals surface area contributed by atoms with Crippen molar-refractivity contribution in [2.24, 2.45) is 0 Å². The molecule has 96 valence electrons. The lowest BCUT2D eigenvalue weighted by atomic mass is 10.1. The van der Waals surface area contributed by atoms with Crippen LogP contribution in [0, 0.1) is 0 Å². The third-order valence-corrected chi connectivity index (χ3v) is 3.58. The van der Waals surface area contributed by atoms with E-state index in [1.54, 1.807) is 12.5 Å². The van der Waals surface area contributed by atoms with E-state index in [4.69, 9.17) is 4.42 Å². The molecule has 2 aromatic rings. The maximum absolute atomic E-state index is 5.21. The first-order valence-corrected chi connectivity index (χ1v) is 7.02. The first kappa shape index (κ1) is 13.2. The molecule has 1 heterocycles. The molecule has 0 saturated carbocycles. The summed E-state index contributed by atoms with van der Waals surface area (Å²) < 4.78 is 5.21. The molecule has 1 aromatic carbocycles. The van der Waals surface area contributed by atoms with Crippen LogP contribution in [0.5, 0.6) is 0 Å². The summed E-state index contributed by atoms with van der Waals surface area (Å²) in [5, 5.41) is 4.16. The Morgan fingerprint density at radius 3 is 2.72 bits per heavy atom. The van der Waals surface area contributed by atoms with Crippen molar-refractivity contribution < 1.29 is 4.42 Å². The van der Waals surface area contributed by atoms with E-state index >= 15 is 0 Å². The summed E-state index contributed by atoms with van der Waals surface area (Å²) in [6.07, 6.45) is 4.41. The largest absolute Gasteiger partial charge is 0.440 e. The second-order valence-corrected chi connectivity index (χ2v) is 5.17. The van der Waals surface area contributed by atoms with Crippen molar-refractivity contribution in [3.63, 3.8) is 0 Å². The fraction of sp³-hybridized carbons (Fsp3) is 0.357. The predicted octanol–water partition coefficient (Wildman–Crippen LogP) is 3.89. The van der Waals surface area contributed by atoms with Gasteiger partial charge in [-0.3, -0.25) is 0 Å². The van der Waals surface area contributed by atoms with E-state index in [2.05, 4.69) is 48.4 Å². The van der Waals surface area contributed by atoms with Crippen LogP contribution in [0.15, 0.2) is 51.3 Å². The maximum atomic E-state index is 5.21. The summed E-state index contributed by atoms with van der Waals surface area (Å²) in [5.74, 6) is 0. The number of benzene rings is 1. The molecular formula is C14H18N2OS. The first-order chi connectivity index (χ1) is 8.79. The highest BCUT2D eigenvalue weighted by Gasteiger charge is 2.05. The number of oxazole rings is 1. The van der Waals surface area contributed by atoms with Crippen LogP contribution in [0.1, 0.15) is 31.9 Å². The second-order valence-electron chi connectivity index (χ2n) is 4.14. The highest BCUT2D eigenvalue weighted by molar-refractivity contribution is 7.99. The van der Waals surface area contributed by atoms with Crippen molar-refractivity contribution in [1.29, 1.82) is 0 Å². The number of aromatic nitrogens is 1. The number of rotatable bonds is 6. The quantitative estimate of drug-likeness (QED) is 0.857. The van der Waals surface area contributed by atoms with Gasteiger partial charge in [-0.1, -0.05) is 19.1 Å². The average molecular weight is 262 g/mol. The van der Waals surface area contributed by atoms with Gasteiger partial charge in [0.15, 0.2) is 0 Å². The lowest BCUT2D eigenvalue weighted by Gasteiger charge is -2.13. The molecule has 2 rings (SSSR count). The summed E-state index contributed by atoms with van der Waals surface area (Å²) in [6.45, 7) is 5.41. The summed E-state index contributed by atoms with van der Waals surface area (Å²) in [6, 6.07) is 8.91. The third-order valence-electron chi connectivity index (χ3n) is 2.70. The van der Waals surface area contributed by atoms with Crippen LogP contribution in [0.25, 0.3) is 0 Å². The van der Waals surface area contributed by atoms with Gasteiger partial charge in [0, 0.05) is 10.9 Å². The van der Waals surface area contributed by atoms with E-state index in [1.165, 1.54) is 17.3 Å². The Hall–Kier alpha value is -1.26. The molecule has 1 aromatic heterocycles. The van der Waals surface area contributed by atoms with Gasteiger partial charge in [0.1, 0.15) is 6.26 Å². The smallest absolute Gasteiger partial charge is 0.260 e. The van der Waals surface area contributed by atoms with Crippen LogP contribution >= 0.6 is 11.8 Å². The van der Waals surface area contributed by atoms with Gasteiger partial charge in [0.25, 0.3) is 5.22 Å². The minimum Gasteiger partial charge on any atom is -0.440 e. The average Bonchev–Trinajstić information content (AvgIpc) is 2.89. The molecule has 0 aliphatic carbocycles. The lowest BCUT2D eigenvalue weighted by Crippen LogP contribution is -2.19. The summed E-state index contributed by atoms with van der Waals surface area (Å²) in [7, 11) is 0. The highest BCUT2D eigenvalue weighted by atomic mass is 32.2. The topological polar surface area (TPSA) is 38.1 Å². The van der Waals surface area contributed by atoms with Crippen molar-refractivity contribution in [1.82, 2.24) is 10.3 Å². The highest BCUT2D eigenvalue weighted by Crippen LogP contribution is 2.27. The van der Waals surface area contributed by atoms with Crippen molar-refractivity contribution in [3.05, 3.63) is 42.3 Å². The van der Waals surface area contributed by atoms with E-state index in [0.717, 1.165) is 17.9 Å². The zero-order valence-electron chi connectivity index (χ0n) is 10.7. The van der Waals surface area contributed by atoms with Gasteiger partial charge in [-0.2, -0.15) is 0 Å².